The van der Waals surface area contributed by atoms with Gasteiger partial charge in [-0.15, -0.1) is 0 Å². The highest BCUT2D eigenvalue weighted by molar-refractivity contribution is 5.73. The van der Waals surface area contributed by atoms with Gasteiger partial charge in [0.25, 0.3) is 0 Å². The number of rotatable bonds is 3. The van der Waals surface area contributed by atoms with Gasteiger partial charge in [-0.05, 0) is 25.5 Å². The summed E-state index contributed by atoms with van der Waals surface area (Å²) in [5.41, 5.74) is 9.84. The summed E-state index contributed by atoms with van der Waals surface area (Å²) in [7, 11) is 1.66. The van der Waals surface area contributed by atoms with Crippen molar-refractivity contribution in [2.24, 2.45) is 0 Å². The molecule has 1 heterocycles. The molecule has 2 aromatic rings. The zero-order chi connectivity index (χ0) is 13.1. The second-order valence-electron chi connectivity index (χ2n) is 4.14. The molecule has 0 saturated heterocycles. The third-order valence-corrected chi connectivity index (χ3v) is 2.94. The van der Waals surface area contributed by atoms with Crippen LogP contribution in [0.4, 0.5) is 5.82 Å². The van der Waals surface area contributed by atoms with Crippen molar-refractivity contribution < 1.29 is 4.74 Å². The third kappa shape index (κ3) is 2.14. The van der Waals surface area contributed by atoms with Crippen molar-refractivity contribution >= 4 is 5.82 Å². The topological polar surface area (TPSA) is 61.0 Å². The van der Waals surface area contributed by atoms with Gasteiger partial charge in [0.05, 0.1) is 12.8 Å². The maximum absolute atomic E-state index is 5.91. The van der Waals surface area contributed by atoms with Gasteiger partial charge in [-0.3, -0.25) is 0 Å². The van der Waals surface area contributed by atoms with Crippen LogP contribution in [0.5, 0.6) is 5.75 Å². The quantitative estimate of drug-likeness (QED) is 0.900. The molecule has 0 amide bonds. The van der Waals surface area contributed by atoms with Crippen molar-refractivity contribution in [3.05, 3.63) is 35.7 Å². The molecule has 4 nitrogen and oxygen atoms in total. The molecule has 18 heavy (non-hydrogen) atoms. The summed E-state index contributed by atoms with van der Waals surface area (Å²) in [6, 6.07) is 6.01. The van der Waals surface area contributed by atoms with Gasteiger partial charge in [-0.2, -0.15) is 0 Å². The highest BCUT2D eigenvalue weighted by Crippen LogP contribution is 2.33. The van der Waals surface area contributed by atoms with Gasteiger partial charge in [-0.25, -0.2) is 9.97 Å². The molecular weight excluding hydrogens is 226 g/mol. The van der Waals surface area contributed by atoms with E-state index in [1.54, 1.807) is 7.11 Å². The van der Waals surface area contributed by atoms with Crippen LogP contribution in [0, 0.1) is 6.92 Å². The normalized spacial score (nSPS) is 10.4. The van der Waals surface area contributed by atoms with Crippen molar-refractivity contribution in [1.29, 1.82) is 0 Å². The van der Waals surface area contributed by atoms with Crippen molar-refractivity contribution in [3.63, 3.8) is 0 Å². The number of aromatic nitrogens is 2. The highest BCUT2D eigenvalue weighted by Gasteiger charge is 2.13. The van der Waals surface area contributed by atoms with E-state index in [4.69, 9.17) is 10.5 Å². The number of hydrogen-bond donors (Lipinski definition) is 1. The highest BCUT2D eigenvalue weighted by atomic mass is 16.5. The first kappa shape index (κ1) is 12.4. The number of aryl methyl sites for hydroxylation is 1. The average Bonchev–Trinajstić information content (AvgIpc) is 2.38. The van der Waals surface area contributed by atoms with Gasteiger partial charge in [0, 0.05) is 11.1 Å². The molecule has 0 saturated carbocycles. The molecule has 0 bridgehead atoms. The molecule has 1 aromatic heterocycles. The minimum Gasteiger partial charge on any atom is -0.496 e. The van der Waals surface area contributed by atoms with E-state index in [0.29, 0.717) is 5.82 Å². The number of nitrogen functional groups attached to an aromatic ring is 1. The van der Waals surface area contributed by atoms with Gasteiger partial charge >= 0.3 is 0 Å². The van der Waals surface area contributed by atoms with Gasteiger partial charge in [-0.1, -0.05) is 18.6 Å². The minimum atomic E-state index is 0.533. The molecular formula is C14H17N3O. The molecule has 4 heteroatoms. The van der Waals surface area contributed by atoms with Crippen LogP contribution in [0.2, 0.25) is 0 Å². The number of benzene rings is 1. The Morgan fingerprint density at radius 2 is 2.06 bits per heavy atom. The Kier molecular flexibility index (Phi) is 3.46. The summed E-state index contributed by atoms with van der Waals surface area (Å²) in [5.74, 6) is 1.33. The fraction of sp³-hybridized carbons (Fsp3) is 0.286. The Bertz CT molecular complexity index is 567. The summed E-state index contributed by atoms with van der Waals surface area (Å²) in [6.45, 7) is 4.08. The van der Waals surface area contributed by atoms with E-state index in [0.717, 1.165) is 34.6 Å². The maximum atomic E-state index is 5.91. The smallest absolute Gasteiger partial charge is 0.130 e. The van der Waals surface area contributed by atoms with Gasteiger partial charge < -0.3 is 10.5 Å². The van der Waals surface area contributed by atoms with Crippen LogP contribution in [-0.4, -0.2) is 17.1 Å². The summed E-state index contributed by atoms with van der Waals surface area (Å²) < 4.78 is 5.39. The molecule has 0 spiro atoms. The SMILES string of the molecule is CCc1c(N)ncnc1-c1cc(C)ccc1OC. The van der Waals surface area contributed by atoms with E-state index < -0.39 is 0 Å². The second-order valence-corrected chi connectivity index (χ2v) is 4.14. The van der Waals surface area contributed by atoms with Crippen molar-refractivity contribution in [3.8, 4) is 17.0 Å². The van der Waals surface area contributed by atoms with Crippen LogP contribution in [0.25, 0.3) is 11.3 Å². The zero-order valence-corrected chi connectivity index (χ0v) is 10.9. The Morgan fingerprint density at radius 3 is 2.72 bits per heavy atom. The summed E-state index contributed by atoms with van der Waals surface area (Å²) in [5, 5.41) is 0. The standard InChI is InChI=1S/C14H17N3O/c1-4-10-13(16-8-17-14(10)15)11-7-9(2)5-6-12(11)18-3/h5-8H,4H2,1-3H3,(H2,15,16,17). The largest absolute Gasteiger partial charge is 0.496 e. The lowest BCUT2D eigenvalue weighted by molar-refractivity contribution is 0.416. The van der Waals surface area contributed by atoms with Crippen LogP contribution < -0.4 is 10.5 Å². The lowest BCUT2D eigenvalue weighted by atomic mass is 10.0. The van der Waals surface area contributed by atoms with Crippen molar-refractivity contribution in [1.82, 2.24) is 9.97 Å². The predicted molar refractivity (Wildman–Crippen MR) is 72.5 cm³/mol. The number of ether oxygens (including phenoxy) is 1. The molecule has 0 radical (unpaired) electrons. The molecule has 0 aliphatic carbocycles. The van der Waals surface area contributed by atoms with Gasteiger partial charge in [0.1, 0.15) is 17.9 Å². The molecule has 0 aliphatic rings. The number of anilines is 1. The fourth-order valence-corrected chi connectivity index (χ4v) is 2.01. The van der Waals surface area contributed by atoms with Crippen molar-refractivity contribution in [2.45, 2.75) is 20.3 Å². The number of nitrogens with two attached hydrogens (primary N) is 1. The Labute approximate surface area is 107 Å². The zero-order valence-electron chi connectivity index (χ0n) is 10.9. The molecule has 1 aromatic carbocycles. The molecule has 2 rings (SSSR count). The maximum Gasteiger partial charge on any atom is 0.130 e. The molecule has 0 atom stereocenters. The number of nitrogens with zero attached hydrogens (tertiary/aromatic N) is 2. The van der Waals surface area contributed by atoms with Crippen LogP contribution in [0.1, 0.15) is 18.1 Å². The van der Waals surface area contributed by atoms with Crippen LogP contribution in [-0.2, 0) is 6.42 Å². The third-order valence-electron chi connectivity index (χ3n) is 2.94. The van der Waals surface area contributed by atoms with E-state index in [1.807, 2.05) is 26.0 Å². The molecule has 0 unspecified atom stereocenters. The van der Waals surface area contributed by atoms with E-state index in [-0.39, 0.29) is 0 Å². The van der Waals surface area contributed by atoms with E-state index in [1.165, 1.54) is 6.33 Å². The fourth-order valence-electron chi connectivity index (χ4n) is 2.01. The Balaban J connectivity index is 2.68. The average molecular weight is 243 g/mol. The monoisotopic (exact) mass is 243 g/mol. The number of methoxy groups -OCH3 is 1. The van der Waals surface area contributed by atoms with E-state index in [2.05, 4.69) is 16.0 Å². The van der Waals surface area contributed by atoms with Gasteiger partial charge in [0.15, 0.2) is 0 Å². The number of hydrogen-bond acceptors (Lipinski definition) is 4. The van der Waals surface area contributed by atoms with E-state index >= 15 is 0 Å². The van der Waals surface area contributed by atoms with Crippen LogP contribution >= 0.6 is 0 Å². The second kappa shape index (κ2) is 5.04. The Hall–Kier alpha value is -2.10. The Morgan fingerprint density at radius 1 is 1.28 bits per heavy atom. The first-order chi connectivity index (χ1) is 8.67. The summed E-state index contributed by atoms with van der Waals surface area (Å²) in [6.07, 6.45) is 2.28. The predicted octanol–water partition coefficient (Wildman–Crippen LogP) is 2.61. The molecule has 2 N–H and O–H groups in total. The summed E-state index contributed by atoms with van der Waals surface area (Å²) >= 11 is 0. The lowest BCUT2D eigenvalue weighted by Crippen LogP contribution is -2.02. The van der Waals surface area contributed by atoms with Crippen molar-refractivity contribution in [2.75, 3.05) is 12.8 Å². The lowest BCUT2D eigenvalue weighted by Gasteiger charge is -2.13. The first-order valence-corrected chi connectivity index (χ1v) is 5.91. The van der Waals surface area contributed by atoms with Crippen LogP contribution in [0.15, 0.2) is 24.5 Å². The molecule has 0 aliphatic heterocycles. The van der Waals surface area contributed by atoms with Gasteiger partial charge in [0.2, 0.25) is 0 Å². The first-order valence-electron chi connectivity index (χ1n) is 5.91. The summed E-state index contributed by atoms with van der Waals surface area (Å²) in [4.78, 5) is 8.40. The minimum absolute atomic E-state index is 0.533. The van der Waals surface area contributed by atoms with Crippen LogP contribution in [0.3, 0.4) is 0 Å². The molecule has 0 fully saturated rings. The van der Waals surface area contributed by atoms with E-state index in [9.17, 15) is 0 Å². The molecule has 94 valence electrons.